The van der Waals surface area contributed by atoms with Gasteiger partial charge in [-0.05, 0) is 81.1 Å². The minimum Gasteiger partial charge on any atom is -0.436 e. The number of nitrogens with zero attached hydrogens (tertiary/aromatic N) is 6. The van der Waals surface area contributed by atoms with E-state index in [4.69, 9.17) is 32.9 Å². The fourth-order valence-corrected chi connectivity index (χ4v) is 6.79. The number of ether oxygens (including phenoxy) is 1. The molecule has 6 rings (SSSR count). The monoisotopic (exact) mass is 609 g/mol. The summed E-state index contributed by atoms with van der Waals surface area (Å²) in [5.74, 6) is 2.29. The molecule has 1 amide bonds. The first kappa shape index (κ1) is 29.1. The summed E-state index contributed by atoms with van der Waals surface area (Å²) in [6, 6.07) is 10.1. The van der Waals surface area contributed by atoms with Gasteiger partial charge in [-0.1, -0.05) is 23.2 Å². The normalized spacial score (nSPS) is 20.0. The number of piperazine rings is 1. The Kier molecular flexibility index (Phi) is 9.09. The maximum absolute atomic E-state index is 11.3. The Morgan fingerprint density at radius 1 is 0.976 bits per heavy atom. The number of piperidine rings is 1. The summed E-state index contributed by atoms with van der Waals surface area (Å²) >= 11 is 12.7. The van der Waals surface area contributed by atoms with E-state index in [1.807, 2.05) is 18.2 Å². The third-order valence-corrected chi connectivity index (χ3v) is 8.92. The zero-order valence-electron chi connectivity index (χ0n) is 23.9. The van der Waals surface area contributed by atoms with Gasteiger partial charge in [0.05, 0.1) is 18.1 Å². The molecule has 9 nitrogen and oxygen atoms in total. The summed E-state index contributed by atoms with van der Waals surface area (Å²) in [5, 5.41) is 4.06. The predicted octanol–water partition coefficient (Wildman–Crippen LogP) is 5.27. The maximum atomic E-state index is 11.3. The lowest BCUT2D eigenvalue weighted by Gasteiger charge is -2.37. The van der Waals surface area contributed by atoms with Crippen molar-refractivity contribution in [2.24, 2.45) is 5.92 Å². The molecular weight excluding hydrogens is 573 g/mol. The molecule has 3 aliphatic rings. The van der Waals surface area contributed by atoms with E-state index in [-0.39, 0.29) is 5.91 Å². The van der Waals surface area contributed by atoms with Crippen LogP contribution in [0.5, 0.6) is 11.6 Å². The second-order valence-corrected chi connectivity index (χ2v) is 12.5. The van der Waals surface area contributed by atoms with Crippen LogP contribution in [-0.4, -0.2) is 82.5 Å². The van der Waals surface area contributed by atoms with Crippen LogP contribution in [0.2, 0.25) is 10.0 Å². The lowest BCUT2D eigenvalue weighted by molar-refractivity contribution is -0.119. The molecule has 222 valence electrons. The Balaban J connectivity index is 1.17. The number of hydrogen-bond acceptors (Lipinski definition) is 8. The molecule has 1 aromatic carbocycles. The quantitative estimate of drug-likeness (QED) is 0.369. The van der Waals surface area contributed by atoms with E-state index in [0.29, 0.717) is 33.6 Å². The van der Waals surface area contributed by atoms with Gasteiger partial charge in [-0.3, -0.25) is 14.6 Å². The topological polar surface area (TPSA) is 86.7 Å². The number of pyridine rings is 1. The zero-order valence-corrected chi connectivity index (χ0v) is 25.4. The summed E-state index contributed by atoms with van der Waals surface area (Å²) < 4.78 is 6.23. The van der Waals surface area contributed by atoms with Crippen LogP contribution >= 0.6 is 23.2 Å². The minimum absolute atomic E-state index is 0.0299. The van der Waals surface area contributed by atoms with Crippen LogP contribution in [0.4, 0.5) is 5.95 Å². The van der Waals surface area contributed by atoms with Crippen LogP contribution in [0.25, 0.3) is 11.3 Å². The number of nitrogens with one attached hydrogen (secondary N) is 1. The number of rotatable bonds is 8. The van der Waals surface area contributed by atoms with E-state index < -0.39 is 0 Å². The van der Waals surface area contributed by atoms with Gasteiger partial charge in [0, 0.05) is 67.4 Å². The van der Waals surface area contributed by atoms with Gasteiger partial charge in [-0.15, -0.1) is 0 Å². The van der Waals surface area contributed by atoms with Crippen molar-refractivity contribution in [1.82, 2.24) is 30.1 Å². The van der Waals surface area contributed by atoms with Crippen molar-refractivity contribution in [1.29, 1.82) is 0 Å². The van der Waals surface area contributed by atoms with Gasteiger partial charge in [0.25, 0.3) is 0 Å². The molecule has 3 aliphatic heterocycles. The van der Waals surface area contributed by atoms with Crippen molar-refractivity contribution in [3.05, 3.63) is 58.3 Å². The molecule has 2 aromatic heterocycles. The zero-order chi connectivity index (χ0) is 29.1. The van der Waals surface area contributed by atoms with E-state index in [1.54, 1.807) is 25.4 Å². The van der Waals surface area contributed by atoms with E-state index >= 15 is 0 Å². The molecule has 42 heavy (non-hydrogen) atoms. The number of halogens is 2. The number of fused-ring (bicyclic) bond motifs is 1. The number of anilines is 1. The maximum Gasteiger partial charge on any atom is 0.225 e. The van der Waals surface area contributed by atoms with Crippen molar-refractivity contribution in [2.45, 2.75) is 45.2 Å². The van der Waals surface area contributed by atoms with Gasteiger partial charge < -0.3 is 15.0 Å². The number of carbonyl (C=O) groups excluding carboxylic acids is 1. The summed E-state index contributed by atoms with van der Waals surface area (Å²) in [6.07, 6.45) is 8.07. The highest BCUT2D eigenvalue weighted by atomic mass is 35.5. The molecule has 0 radical (unpaired) electrons. The van der Waals surface area contributed by atoms with Crippen molar-refractivity contribution < 1.29 is 9.53 Å². The van der Waals surface area contributed by atoms with Crippen LogP contribution in [0.1, 0.15) is 38.2 Å². The van der Waals surface area contributed by atoms with Gasteiger partial charge in [-0.25, -0.2) is 15.0 Å². The Morgan fingerprint density at radius 3 is 2.48 bits per heavy atom. The molecule has 3 saturated heterocycles. The highest BCUT2D eigenvalue weighted by Gasteiger charge is 2.31. The molecule has 1 atom stereocenters. The van der Waals surface area contributed by atoms with Crippen LogP contribution in [0.3, 0.4) is 0 Å². The Bertz CT molecular complexity index is 1380. The smallest absolute Gasteiger partial charge is 0.225 e. The van der Waals surface area contributed by atoms with Crippen LogP contribution < -0.4 is 15.0 Å². The SMILES string of the molecule is CC(=O)NCC1CCN(Cc2cc(Oc3cnc(N4CCN5CCCC5C4)nc3)nc(-c3cc(Cl)cc(Cl)c3)c2)CC1. The summed E-state index contributed by atoms with van der Waals surface area (Å²) in [7, 11) is 0. The molecule has 3 aromatic rings. The van der Waals surface area contributed by atoms with E-state index in [1.165, 1.54) is 19.4 Å². The summed E-state index contributed by atoms with van der Waals surface area (Å²) in [4.78, 5) is 32.7. The Morgan fingerprint density at radius 2 is 1.74 bits per heavy atom. The molecule has 0 spiro atoms. The third kappa shape index (κ3) is 7.32. The van der Waals surface area contributed by atoms with Crippen LogP contribution in [-0.2, 0) is 11.3 Å². The average molecular weight is 611 g/mol. The van der Waals surface area contributed by atoms with Crippen molar-refractivity contribution in [3.63, 3.8) is 0 Å². The molecule has 1 N–H and O–H groups in total. The number of amides is 1. The van der Waals surface area contributed by atoms with Crippen molar-refractivity contribution in [3.8, 4) is 22.9 Å². The number of benzene rings is 1. The molecule has 1 unspecified atom stereocenters. The average Bonchev–Trinajstić information content (AvgIpc) is 3.45. The largest absolute Gasteiger partial charge is 0.436 e. The Labute approximate surface area is 257 Å². The van der Waals surface area contributed by atoms with Gasteiger partial charge in [-0.2, -0.15) is 0 Å². The fourth-order valence-electron chi connectivity index (χ4n) is 6.27. The summed E-state index contributed by atoms with van der Waals surface area (Å²) in [5.41, 5.74) is 2.64. The van der Waals surface area contributed by atoms with E-state index in [9.17, 15) is 4.79 Å². The first-order valence-corrected chi connectivity index (χ1v) is 15.6. The van der Waals surface area contributed by atoms with Gasteiger partial charge >= 0.3 is 0 Å². The van der Waals surface area contributed by atoms with E-state index in [2.05, 4.69) is 36.1 Å². The lowest BCUT2D eigenvalue weighted by Crippen LogP contribution is -2.50. The second-order valence-electron chi connectivity index (χ2n) is 11.6. The molecule has 5 heterocycles. The first-order chi connectivity index (χ1) is 20.4. The number of likely N-dealkylation sites (tertiary alicyclic amines) is 1. The van der Waals surface area contributed by atoms with Crippen molar-refractivity contribution in [2.75, 3.05) is 50.7 Å². The standard InChI is InChI=1S/C31H37Cl2N7O2/c1-21(41)34-16-22-4-7-38(8-5-22)19-23-11-29(24-13-25(32)15-26(33)14-24)37-30(12-23)42-28-17-35-31(36-18-28)40-10-9-39-6-2-3-27(39)20-40/h11-15,17-18,22,27H,2-10,16,19-20H2,1H3,(H,34,41). The van der Waals surface area contributed by atoms with Crippen molar-refractivity contribution >= 4 is 35.1 Å². The second kappa shape index (κ2) is 13.1. The molecule has 3 fully saturated rings. The molecule has 0 aliphatic carbocycles. The molecule has 0 bridgehead atoms. The van der Waals surface area contributed by atoms with Crippen LogP contribution in [0, 0.1) is 5.92 Å². The summed E-state index contributed by atoms with van der Waals surface area (Å²) in [6.45, 7) is 9.18. The van der Waals surface area contributed by atoms with Gasteiger partial charge in [0.2, 0.25) is 17.7 Å². The predicted molar refractivity (Wildman–Crippen MR) is 165 cm³/mol. The van der Waals surface area contributed by atoms with E-state index in [0.717, 1.165) is 81.4 Å². The number of aromatic nitrogens is 3. The highest BCUT2D eigenvalue weighted by molar-refractivity contribution is 6.35. The fraction of sp³-hybridized carbons (Fsp3) is 0.484. The number of carbonyl (C=O) groups is 1. The lowest BCUT2D eigenvalue weighted by atomic mass is 9.96. The minimum atomic E-state index is 0.0299. The van der Waals surface area contributed by atoms with Gasteiger partial charge in [0.1, 0.15) is 0 Å². The Hall–Kier alpha value is -2.98. The highest BCUT2D eigenvalue weighted by Crippen LogP contribution is 2.31. The number of hydrogen-bond donors (Lipinski definition) is 1. The molecule has 0 saturated carbocycles. The van der Waals surface area contributed by atoms with Gasteiger partial charge in [0.15, 0.2) is 5.75 Å². The molecule has 11 heteroatoms. The first-order valence-electron chi connectivity index (χ1n) is 14.8. The third-order valence-electron chi connectivity index (χ3n) is 8.48. The van der Waals surface area contributed by atoms with Crippen LogP contribution in [0.15, 0.2) is 42.7 Å². The molecular formula is C31H37Cl2N7O2.